The van der Waals surface area contributed by atoms with Gasteiger partial charge in [-0.1, -0.05) is 57.7 Å². The van der Waals surface area contributed by atoms with Gasteiger partial charge in [-0.25, -0.2) is 4.79 Å². The zero-order valence-corrected chi connectivity index (χ0v) is 28.7. The summed E-state index contributed by atoms with van der Waals surface area (Å²) in [6.07, 6.45) is -2.69. The van der Waals surface area contributed by atoms with Crippen LogP contribution in [0.25, 0.3) is 6.08 Å². The number of fused-ring (bicyclic) bond motifs is 1. The number of halogens is 6. The molecule has 2 heterocycles. The number of ether oxygens (including phenoxy) is 3. The van der Waals surface area contributed by atoms with E-state index in [1.165, 1.54) is 6.08 Å². The number of aryl methyl sites for hydroxylation is 1. The minimum Gasteiger partial charge on any atom is -0.493 e. The molecule has 1 saturated carbocycles. The van der Waals surface area contributed by atoms with Crippen molar-refractivity contribution in [1.82, 2.24) is 10.2 Å². The van der Waals surface area contributed by atoms with Gasteiger partial charge in [-0.05, 0) is 79.8 Å². The second-order valence-electron chi connectivity index (χ2n) is 13.3. The average Bonchev–Trinajstić information content (AvgIpc) is 3.35. The van der Waals surface area contributed by atoms with E-state index in [0.717, 1.165) is 43.1 Å². The maximum absolute atomic E-state index is 13.9. The largest absolute Gasteiger partial charge is 0.493 e. The van der Waals surface area contributed by atoms with E-state index >= 15 is 0 Å². The number of urea groups is 1. The summed E-state index contributed by atoms with van der Waals surface area (Å²) in [4.78, 5) is 27.9. The van der Waals surface area contributed by atoms with Crippen LogP contribution in [-0.4, -0.2) is 60.7 Å². The molecule has 1 atom stereocenters. The van der Waals surface area contributed by atoms with E-state index in [9.17, 15) is 41.0 Å². The number of allylic oxidation sites excluding steroid dienone is 1. The number of alkyl halides is 6. The number of amides is 3. The Hall–Kier alpha value is -3.94. The summed E-state index contributed by atoms with van der Waals surface area (Å²) in [5.74, 6) is 0.846. The van der Waals surface area contributed by atoms with Crippen LogP contribution in [0.1, 0.15) is 93.9 Å². The Labute approximate surface area is 293 Å². The number of nitrogens with one attached hydrogen (secondary N) is 1. The van der Waals surface area contributed by atoms with Crippen LogP contribution in [0.3, 0.4) is 0 Å². The van der Waals surface area contributed by atoms with E-state index in [1.54, 1.807) is 38.1 Å². The van der Waals surface area contributed by atoms with Gasteiger partial charge in [0.2, 0.25) is 0 Å². The summed E-state index contributed by atoms with van der Waals surface area (Å²) in [7, 11) is 0. The molecule has 5 rings (SSSR count). The van der Waals surface area contributed by atoms with Crippen molar-refractivity contribution in [1.29, 1.82) is 0 Å². The quantitative estimate of drug-likeness (QED) is 0.122. The summed E-state index contributed by atoms with van der Waals surface area (Å²) in [6, 6.07) is 5.99. The van der Waals surface area contributed by atoms with Crippen molar-refractivity contribution in [2.75, 3.05) is 26.4 Å². The van der Waals surface area contributed by atoms with Crippen LogP contribution < -0.4 is 19.5 Å². The number of unbranched alkanes of at least 4 members (excludes halogenated alkanes) is 1. The summed E-state index contributed by atoms with van der Waals surface area (Å²) >= 11 is 0. The van der Waals surface area contributed by atoms with E-state index in [4.69, 9.17) is 14.2 Å². The lowest BCUT2D eigenvalue weighted by atomic mass is 9.86. The number of hydrogen-bond donors (Lipinski definition) is 2. The van der Waals surface area contributed by atoms with Crippen LogP contribution in [0, 0.1) is 5.92 Å². The fraction of sp³-hybridized carbons (Fsp3) is 0.568. The Morgan fingerprint density at radius 2 is 1.65 bits per heavy atom. The van der Waals surface area contributed by atoms with Gasteiger partial charge in [-0.15, -0.1) is 0 Å². The lowest BCUT2D eigenvalue weighted by Gasteiger charge is -2.33. The molecule has 14 heteroatoms. The molecule has 0 aromatic heterocycles. The highest BCUT2D eigenvalue weighted by Gasteiger charge is 2.71. The van der Waals surface area contributed by atoms with Crippen molar-refractivity contribution >= 4 is 18.0 Å². The first kappa shape index (κ1) is 38.3. The summed E-state index contributed by atoms with van der Waals surface area (Å²) < 4.78 is 101. The minimum atomic E-state index is -6.03. The molecule has 2 fully saturated rings. The average molecular weight is 727 g/mol. The second kappa shape index (κ2) is 15.3. The summed E-state index contributed by atoms with van der Waals surface area (Å²) in [6.45, 7) is 4.34. The first-order valence-corrected chi connectivity index (χ1v) is 17.5. The van der Waals surface area contributed by atoms with Crippen LogP contribution >= 0.6 is 0 Å². The number of hydrogen-bond acceptors (Lipinski definition) is 6. The Morgan fingerprint density at radius 3 is 2.29 bits per heavy atom. The second-order valence-corrected chi connectivity index (χ2v) is 13.3. The number of imide groups is 1. The van der Waals surface area contributed by atoms with Crippen molar-refractivity contribution in [3.63, 3.8) is 0 Å². The van der Waals surface area contributed by atoms with E-state index in [1.807, 2.05) is 0 Å². The molecule has 3 amide bonds. The molecule has 0 spiro atoms. The van der Waals surface area contributed by atoms with Gasteiger partial charge in [-0.3, -0.25) is 9.69 Å². The van der Waals surface area contributed by atoms with Crippen molar-refractivity contribution in [3.05, 3.63) is 58.7 Å². The maximum Gasteiger partial charge on any atom is 0.430 e. The van der Waals surface area contributed by atoms with Crippen LogP contribution in [0.5, 0.6) is 17.2 Å². The molecule has 2 aliphatic heterocycles. The molecule has 1 unspecified atom stereocenters. The standard InChI is InChI=1S/C37H44F6N2O6/c1-3-10-25-21-28(35(48,36(38,39)40)37(41,42)43)22-26(14-13-24-11-6-5-7-12-24)31(25)51-18-9-8-17-45-32(46)34(4-2,44-33(45)47)27-15-16-29-30(23-27)50-20-19-49-29/h13-16,21-24,48H,3-12,17-20H2,1-2H3,(H,44,47). The third-order valence-corrected chi connectivity index (χ3v) is 9.91. The first-order valence-electron chi connectivity index (χ1n) is 17.5. The lowest BCUT2D eigenvalue weighted by Crippen LogP contribution is -2.54. The number of nitrogens with zero attached hydrogens (tertiary/aromatic N) is 1. The SMILES string of the molecule is CCCc1cc(C(O)(C(F)(F)F)C(F)(F)F)cc(C=CC2CCCCC2)c1OCCCCN1C(=O)NC(CC)(c2ccc3c(c2)OCCO3)C1=O. The Morgan fingerprint density at radius 1 is 0.961 bits per heavy atom. The van der Waals surface area contributed by atoms with E-state index in [0.29, 0.717) is 55.6 Å². The van der Waals surface area contributed by atoms with Gasteiger partial charge < -0.3 is 24.6 Å². The van der Waals surface area contributed by atoms with E-state index in [2.05, 4.69) is 5.32 Å². The zero-order chi connectivity index (χ0) is 37.0. The molecule has 8 nitrogen and oxygen atoms in total. The number of aliphatic hydroxyl groups is 1. The molecule has 1 saturated heterocycles. The number of benzene rings is 2. The van der Waals surface area contributed by atoms with Crippen LogP contribution in [0.4, 0.5) is 31.1 Å². The maximum atomic E-state index is 13.9. The molecule has 0 radical (unpaired) electrons. The van der Waals surface area contributed by atoms with E-state index < -0.39 is 41.0 Å². The highest BCUT2D eigenvalue weighted by atomic mass is 19.4. The number of carbonyl (C=O) groups is 2. The lowest BCUT2D eigenvalue weighted by molar-refractivity contribution is -0.376. The van der Waals surface area contributed by atoms with Gasteiger partial charge in [0.05, 0.1) is 6.61 Å². The molecule has 2 N–H and O–H groups in total. The third-order valence-electron chi connectivity index (χ3n) is 9.91. The number of carbonyl (C=O) groups excluding carboxylic acids is 2. The van der Waals surface area contributed by atoms with Crippen molar-refractivity contribution in [3.8, 4) is 17.2 Å². The molecule has 51 heavy (non-hydrogen) atoms. The molecule has 0 bridgehead atoms. The molecule has 1 aliphatic carbocycles. The van der Waals surface area contributed by atoms with Crippen molar-refractivity contribution in [2.45, 2.75) is 102 Å². The first-order chi connectivity index (χ1) is 24.2. The normalized spacial score (nSPS) is 20.3. The Bertz CT molecular complexity index is 1590. The van der Waals surface area contributed by atoms with Crippen molar-refractivity contribution < 1.29 is 55.2 Å². The van der Waals surface area contributed by atoms with Gasteiger partial charge in [0, 0.05) is 17.7 Å². The zero-order valence-electron chi connectivity index (χ0n) is 28.7. The minimum absolute atomic E-state index is 0.00781. The smallest absolute Gasteiger partial charge is 0.430 e. The fourth-order valence-corrected chi connectivity index (χ4v) is 7.06. The monoisotopic (exact) mass is 726 g/mol. The predicted octanol–water partition coefficient (Wildman–Crippen LogP) is 8.33. The fourth-order valence-electron chi connectivity index (χ4n) is 7.06. The van der Waals surface area contributed by atoms with Crippen molar-refractivity contribution in [2.24, 2.45) is 5.92 Å². The predicted molar refractivity (Wildman–Crippen MR) is 176 cm³/mol. The molecule has 280 valence electrons. The Balaban J connectivity index is 1.34. The summed E-state index contributed by atoms with van der Waals surface area (Å²) in [5, 5.41) is 13.1. The van der Waals surface area contributed by atoms with Crippen LogP contribution in [-0.2, 0) is 22.4 Å². The topological polar surface area (TPSA) is 97.3 Å². The number of rotatable bonds is 13. The Kier molecular flexibility index (Phi) is 11.5. The molecule has 2 aromatic rings. The third kappa shape index (κ3) is 7.66. The van der Waals surface area contributed by atoms with Gasteiger partial charge in [-0.2, -0.15) is 26.3 Å². The highest BCUT2D eigenvalue weighted by Crippen LogP contribution is 2.51. The van der Waals surface area contributed by atoms with Crippen LogP contribution in [0.2, 0.25) is 0 Å². The van der Waals surface area contributed by atoms with E-state index in [-0.39, 0.29) is 48.8 Å². The molecular weight excluding hydrogens is 682 g/mol. The summed E-state index contributed by atoms with van der Waals surface area (Å²) in [5.41, 5.74) is -7.03. The highest BCUT2D eigenvalue weighted by molar-refractivity contribution is 6.07. The molecule has 2 aromatic carbocycles. The van der Waals surface area contributed by atoms with Gasteiger partial charge in [0.15, 0.2) is 11.5 Å². The molecule has 3 aliphatic rings. The molecular formula is C37H44F6N2O6. The van der Waals surface area contributed by atoms with Crippen LogP contribution in [0.15, 0.2) is 36.4 Å². The van der Waals surface area contributed by atoms with Gasteiger partial charge in [0.1, 0.15) is 24.5 Å². The van der Waals surface area contributed by atoms with Gasteiger partial charge in [0.25, 0.3) is 11.5 Å². The van der Waals surface area contributed by atoms with Gasteiger partial charge >= 0.3 is 18.4 Å².